The van der Waals surface area contributed by atoms with Gasteiger partial charge in [0.1, 0.15) is 12.0 Å². The zero-order valence-electron chi connectivity index (χ0n) is 16.9. The molecule has 0 aliphatic carbocycles. The van der Waals surface area contributed by atoms with E-state index in [1.165, 1.54) is 0 Å². The zero-order valence-corrected chi connectivity index (χ0v) is 16.9. The Kier molecular flexibility index (Phi) is 4.99. The zero-order chi connectivity index (χ0) is 20.5. The van der Waals surface area contributed by atoms with E-state index in [4.69, 9.17) is 4.74 Å². The summed E-state index contributed by atoms with van der Waals surface area (Å²) in [4.78, 5) is 30.1. The first-order valence-electron chi connectivity index (χ1n) is 10.3. The second-order valence-electron chi connectivity index (χ2n) is 7.74. The molecule has 5 rings (SSSR count). The van der Waals surface area contributed by atoms with Gasteiger partial charge < -0.3 is 14.5 Å². The molecule has 3 aromatic heterocycles. The number of hydrogen-bond acceptors (Lipinski definition) is 8. The largest absolute Gasteiger partial charge is 0.373 e. The smallest absolute Gasteiger partial charge is 0.272 e. The first-order valence-corrected chi connectivity index (χ1v) is 10.3. The fourth-order valence-corrected chi connectivity index (χ4v) is 4.09. The number of morpholine rings is 1. The number of aromatic nitrogens is 6. The van der Waals surface area contributed by atoms with Crippen molar-refractivity contribution in [3.63, 3.8) is 0 Å². The monoisotopic (exact) mass is 408 g/mol. The highest BCUT2D eigenvalue weighted by Gasteiger charge is 2.27. The van der Waals surface area contributed by atoms with Crippen LogP contribution in [-0.4, -0.2) is 79.6 Å². The van der Waals surface area contributed by atoms with E-state index in [1.54, 1.807) is 22.0 Å². The molecule has 1 atom stereocenters. The van der Waals surface area contributed by atoms with E-state index >= 15 is 0 Å². The van der Waals surface area contributed by atoms with Gasteiger partial charge in [-0.2, -0.15) is 0 Å². The predicted octanol–water partition coefficient (Wildman–Crippen LogP) is 1.07. The van der Waals surface area contributed by atoms with Gasteiger partial charge in [0.2, 0.25) is 0 Å². The van der Waals surface area contributed by atoms with Crippen LogP contribution in [0.5, 0.6) is 0 Å². The summed E-state index contributed by atoms with van der Waals surface area (Å²) in [5, 5.41) is 8.64. The molecule has 0 radical (unpaired) electrons. The van der Waals surface area contributed by atoms with Gasteiger partial charge in [-0.1, -0.05) is 11.3 Å². The molecule has 0 bridgehead atoms. The fourth-order valence-electron chi connectivity index (χ4n) is 4.09. The van der Waals surface area contributed by atoms with Crippen LogP contribution in [0.3, 0.4) is 0 Å². The molecule has 3 aromatic rings. The van der Waals surface area contributed by atoms with Crippen LogP contribution in [0, 0.1) is 6.92 Å². The van der Waals surface area contributed by atoms with Crippen molar-refractivity contribution < 1.29 is 9.53 Å². The third-order valence-corrected chi connectivity index (χ3v) is 5.60. The quantitative estimate of drug-likeness (QED) is 0.632. The molecule has 1 amide bonds. The van der Waals surface area contributed by atoms with Crippen molar-refractivity contribution >= 4 is 22.9 Å². The third kappa shape index (κ3) is 3.58. The third-order valence-electron chi connectivity index (χ3n) is 5.60. The number of nitrogens with zero attached hydrogens (tertiary/aromatic N) is 8. The van der Waals surface area contributed by atoms with Crippen LogP contribution < -0.4 is 4.90 Å². The number of anilines is 1. The molecule has 2 aliphatic heterocycles. The summed E-state index contributed by atoms with van der Waals surface area (Å²) in [6, 6.07) is 5.49. The molecule has 2 aliphatic rings. The van der Waals surface area contributed by atoms with Crippen molar-refractivity contribution in [1.82, 2.24) is 34.8 Å². The van der Waals surface area contributed by atoms with E-state index in [1.807, 2.05) is 19.1 Å². The molecule has 0 N–H and O–H groups in total. The molecule has 0 unspecified atom stereocenters. The van der Waals surface area contributed by atoms with Crippen molar-refractivity contribution in [2.24, 2.45) is 0 Å². The number of carbonyl (C=O) groups excluding carboxylic acids is 1. The first-order chi connectivity index (χ1) is 14.7. The van der Waals surface area contributed by atoms with E-state index in [0.717, 1.165) is 37.4 Å². The predicted molar refractivity (Wildman–Crippen MR) is 109 cm³/mol. The molecule has 0 aromatic carbocycles. The lowest BCUT2D eigenvalue weighted by molar-refractivity contribution is -0.0299. The summed E-state index contributed by atoms with van der Waals surface area (Å²) in [6.07, 6.45) is 3.70. The lowest BCUT2D eigenvalue weighted by Crippen LogP contribution is -2.47. The molecule has 2 fully saturated rings. The minimum atomic E-state index is -0.192. The first kappa shape index (κ1) is 18.9. The van der Waals surface area contributed by atoms with Crippen LogP contribution in [0.15, 0.2) is 24.5 Å². The van der Waals surface area contributed by atoms with Gasteiger partial charge in [0.15, 0.2) is 17.0 Å². The minimum Gasteiger partial charge on any atom is -0.373 e. The lowest BCUT2D eigenvalue weighted by atomic mass is 10.2. The molecule has 156 valence electrons. The summed E-state index contributed by atoms with van der Waals surface area (Å²) in [7, 11) is 0. The highest BCUT2D eigenvalue weighted by molar-refractivity contribution is 5.92. The van der Waals surface area contributed by atoms with E-state index in [0.29, 0.717) is 43.1 Å². The summed E-state index contributed by atoms with van der Waals surface area (Å²) in [6.45, 7) is 5.81. The molecule has 0 spiro atoms. The Balaban J connectivity index is 1.33. The Morgan fingerprint density at radius 2 is 2.07 bits per heavy atom. The van der Waals surface area contributed by atoms with E-state index in [9.17, 15) is 4.79 Å². The van der Waals surface area contributed by atoms with Crippen LogP contribution >= 0.6 is 0 Å². The van der Waals surface area contributed by atoms with Crippen LogP contribution in [0.1, 0.15) is 29.0 Å². The second kappa shape index (κ2) is 7.94. The number of carbonyl (C=O) groups is 1. The number of pyridine rings is 1. The van der Waals surface area contributed by atoms with Gasteiger partial charge in [-0.25, -0.2) is 19.6 Å². The minimum absolute atomic E-state index is 0.0749. The Labute approximate surface area is 173 Å². The second-order valence-corrected chi connectivity index (χ2v) is 7.74. The maximum atomic E-state index is 12.9. The van der Waals surface area contributed by atoms with E-state index in [-0.39, 0.29) is 12.0 Å². The number of aryl methyl sites for hydroxylation is 1. The van der Waals surface area contributed by atoms with Crippen LogP contribution in [-0.2, 0) is 11.3 Å². The van der Waals surface area contributed by atoms with Gasteiger partial charge in [-0.15, -0.1) is 5.10 Å². The SMILES string of the molecule is Cc1cccc(C(=O)N2CCO[C@H](Cn3nnc4c(N5CCCC5)ncnc43)C2)n1. The number of amides is 1. The maximum Gasteiger partial charge on any atom is 0.272 e. The average Bonchev–Trinajstić information content (AvgIpc) is 3.44. The van der Waals surface area contributed by atoms with Crippen molar-refractivity contribution in [2.75, 3.05) is 37.7 Å². The van der Waals surface area contributed by atoms with Gasteiger partial charge in [0.25, 0.3) is 5.91 Å². The van der Waals surface area contributed by atoms with Crippen LogP contribution in [0.4, 0.5) is 5.82 Å². The number of fused-ring (bicyclic) bond motifs is 1. The van der Waals surface area contributed by atoms with Crippen molar-refractivity contribution in [2.45, 2.75) is 32.4 Å². The Morgan fingerprint density at radius 1 is 1.20 bits per heavy atom. The summed E-state index contributed by atoms with van der Waals surface area (Å²) in [5.41, 5.74) is 2.70. The molecule has 10 heteroatoms. The topological polar surface area (TPSA) is 102 Å². The van der Waals surface area contributed by atoms with Crippen LogP contribution in [0.25, 0.3) is 11.2 Å². The summed E-state index contributed by atoms with van der Waals surface area (Å²) in [5.74, 6) is 0.768. The van der Waals surface area contributed by atoms with Crippen molar-refractivity contribution in [3.8, 4) is 0 Å². The molecule has 5 heterocycles. The normalized spacial score (nSPS) is 19.6. The number of rotatable bonds is 4. The molecule has 10 nitrogen and oxygen atoms in total. The number of ether oxygens (including phenoxy) is 1. The number of hydrogen-bond donors (Lipinski definition) is 0. The maximum absolute atomic E-state index is 12.9. The Hall–Kier alpha value is -3.14. The average molecular weight is 408 g/mol. The van der Waals surface area contributed by atoms with Gasteiger partial charge >= 0.3 is 0 Å². The van der Waals surface area contributed by atoms with Crippen molar-refractivity contribution in [1.29, 1.82) is 0 Å². The highest BCUT2D eigenvalue weighted by atomic mass is 16.5. The molecular weight excluding hydrogens is 384 g/mol. The molecule has 30 heavy (non-hydrogen) atoms. The molecule has 2 saturated heterocycles. The summed E-state index contributed by atoms with van der Waals surface area (Å²) < 4.78 is 7.66. The lowest BCUT2D eigenvalue weighted by Gasteiger charge is -2.32. The standard InChI is InChI=1S/C20H24N8O2/c1-14-5-4-6-16(23-14)20(29)27-9-10-30-15(11-27)12-28-19-17(24-25-28)18(21-13-22-19)26-7-2-3-8-26/h4-6,13,15H,2-3,7-12H2,1H3/t15-/m0/s1. The van der Waals surface area contributed by atoms with Gasteiger partial charge in [0, 0.05) is 31.9 Å². The van der Waals surface area contributed by atoms with Gasteiger partial charge in [0.05, 0.1) is 19.3 Å². The fraction of sp³-hybridized carbons (Fsp3) is 0.500. The summed E-state index contributed by atoms with van der Waals surface area (Å²) >= 11 is 0. The van der Waals surface area contributed by atoms with Crippen molar-refractivity contribution in [3.05, 3.63) is 35.9 Å². The van der Waals surface area contributed by atoms with E-state index in [2.05, 4.69) is 30.2 Å². The molecule has 0 saturated carbocycles. The Bertz CT molecular complexity index is 1060. The Morgan fingerprint density at radius 3 is 2.90 bits per heavy atom. The molecular formula is C20H24N8O2. The van der Waals surface area contributed by atoms with E-state index < -0.39 is 0 Å². The van der Waals surface area contributed by atoms with Crippen LogP contribution in [0.2, 0.25) is 0 Å². The van der Waals surface area contributed by atoms with Gasteiger partial charge in [-0.05, 0) is 31.9 Å². The highest BCUT2D eigenvalue weighted by Crippen LogP contribution is 2.24. The van der Waals surface area contributed by atoms with Gasteiger partial charge in [-0.3, -0.25) is 4.79 Å².